The van der Waals surface area contributed by atoms with Gasteiger partial charge in [-0.2, -0.15) is 13.2 Å². The monoisotopic (exact) mass is 495 g/mol. The van der Waals surface area contributed by atoms with E-state index in [0.29, 0.717) is 41.4 Å². The first-order valence-electron chi connectivity index (χ1n) is 11.4. The van der Waals surface area contributed by atoms with Gasteiger partial charge in [0.25, 0.3) is 0 Å². The smallest absolute Gasteiger partial charge is 0.399 e. The van der Waals surface area contributed by atoms with Crippen LogP contribution in [0.5, 0.6) is 0 Å². The predicted octanol–water partition coefficient (Wildman–Crippen LogP) is 3.75. The van der Waals surface area contributed by atoms with Crippen molar-refractivity contribution in [2.75, 3.05) is 17.6 Å². The molecule has 5 rings (SSSR count). The molecule has 186 valence electrons. The Hall–Kier alpha value is -4.15. The quantitative estimate of drug-likeness (QED) is 0.422. The second-order valence-electron chi connectivity index (χ2n) is 8.87. The molecule has 0 aliphatic carbocycles. The fourth-order valence-corrected chi connectivity index (χ4v) is 4.46. The van der Waals surface area contributed by atoms with Gasteiger partial charge in [0.2, 0.25) is 5.56 Å². The zero-order chi connectivity index (χ0) is 25.8. The maximum Gasteiger partial charge on any atom is 0.416 e. The third-order valence-corrected chi connectivity index (χ3v) is 6.21. The van der Waals surface area contributed by atoms with E-state index in [1.54, 1.807) is 33.2 Å². The molecule has 2 aromatic rings. The zero-order valence-electron chi connectivity index (χ0n) is 19.9. The molecule has 0 radical (unpaired) electrons. The van der Waals surface area contributed by atoms with Crippen LogP contribution in [0.2, 0.25) is 0 Å². The maximum absolute atomic E-state index is 13.3. The van der Waals surface area contributed by atoms with E-state index in [4.69, 9.17) is 10.7 Å². The van der Waals surface area contributed by atoms with Gasteiger partial charge in [-0.05, 0) is 49.7 Å². The average molecular weight is 496 g/mol. The number of alkyl halides is 3. The topological polar surface area (TPSA) is 103 Å². The molecule has 3 aliphatic heterocycles. The lowest BCUT2D eigenvalue weighted by molar-refractivity contribution is -0.137. The number of aryl methyl sites for hydroxylation is 2. The van der Waals surface area contributed by atoms with Crippen molar-refractivity contribution in [3.05, 3.63) is 75.4 Å². The van der Waals surface area contributed by atoms with Crippen LogP contribution in [0.3, 0.4) is 0 Å². The van der Waals surface area contributed by atoms with Gasteiger partial charge in [-0.3, -0.25) is 9.79 Å². The lowest BCUT2D eigenvalue weighted by Crippen LogP contribution is -2.21. The number of benzene rings is 1. The summed E-state index contributed by atoms with van der Waals surface area (Å²) in [5, 5.41) is 3.39. The molecule has 0 bridgehead atoms. The Kier molecular flexibility index (Phi) is 5.57. The highest BCUT2D eigenvalue weighted by Crippen LogP contribution is 2.36. The third kappa shape index (κ3) is 4.21. The van der Waals surface area contributed by atoms with Crippen LogP contribution >= 0.6 is 0 Å². The minimum absolute atomic E-state index is 0.0158. The standard InChI is InChI=1S/C25H24F3N7O/c1-13(16-8-17(25(26,27)28)10-18(29)9-16)31-22-20-11-19(15-4-5-21(36)34(3)12-15)23-30-6-7-35(23)24(20)33-14(2)32-22/h4-5,8-13,30H,6-7,29H2,1-3H3. The van der Waals surface area contributed by atoms with Gasteiger partial charge in [-0.25, -0.2) is 9.97 Å². The number of aromatic nitrogens is 4. The molecule has 1 aromatic carbocycles. The van der Waals surface area contributed by atoms with Crippen molar-refractivity contribution in [1.29, 1.82) is 0 Å². The van der Waals surface area contributed by atoms with E-state index >= 15 is 0 Å². The first-order valence-corrected chi connectivity index (χ1v) is 11.4. The molecule has 1 aromatic heterocycles. The summed E-state index contributed by atoms with van der Waals surface area (Å²) in [6.45, 7) is 4.82. The maximum atomic E-state index is 13.3. The van der Waals surface area contributed by atoms with Crippen LogP contribution in [0, 0.1) is 6.92 Å². The van der Waals surface area contributed by atoms with Crippen molar-refractivity contribution in [1.82, 2.24) is 19.1 Å². The second-order valence-corrected chi connectivity index (χ2v) is 8.87. The average Bonchev–Trinajstić information content (AvgIpc) is 3.30. The summed E-state index contributed by atoms with van der Waals surface area (Å²) in [5.41, 5.74) is 7.86. The molecule has 8 nitrogen and oxygen atoms in total. The summed E-state index contributed by atoms with van der Waals surface area (Å²) in [6, 6.07) is 7.98. The number of nitrogens with zero attached hydrogens (tertiary/aromatic N) is 5. The van der Waals surface area contributed by atoms with Gasteiger partial charge in [-0.15, -0.1) is 0 Å². The van der Waals surface area contributed by atoms with E-state index in [9.17, 15) is 18.0 Å². The highest BCUT2D eigenvalue weighted by molar-refractivity contribution is 5.82. The van der Waals surface area contributed by atoms with Crippen LogP contribution in [-0.2, 0) is 19.8 Å². The number of hydrogen-bond acceptors (Lipinski definition) is 6. The third-order valence-electron chi connectivity index (χ3n) is 6.21. The molecule has 4 heterocycles. The van der Waals surface area contributed by atoms with E-state index in [-0.39, 0.29) is 11.2 Å². The number of anilines is 2. The molecule has 0 saturated heterocycles. The lowest BCUT2D eigenvalue weighted by atomic mass is 10.0. The highest BCUT2D eigenvalue weighted by atomic mass is 19.4. The number of nitrogen functional groups attached to an aromatic ring is 1. The van der Waals surface area contributed by atoms with Crippen molar-refractivity contribution in [2.45, 2.75) is 32.6 Å². The van der Waals surface area contributed by atoms with Crippen molar-refractivity contribution >= 4 is 11.5 Å². The van der Waals surface area contributed by atoms with E-state index in [1.165, 1.54) is 16.7 Å². The molecular weight excluding hydrogens is 471 g/mol. The Balaban J connectivity index is 1.72. The number of pyridine rings is 2. The Morgan fingerprint density at radius 1 is 1.14 bits per heavy atom. The Morgan fingerprint density at radius 2 is 1.92 bits per heavy atom. The zero-order valence-corrected chi connectivity index (χ0v) is 19.9. The Morgan fingerprint density at radius 3 is 2.64 bits per heavy atom. The number of nitrogens with one attached hydrogen (secondary N) is 1. The lowest BCUT2D eigenvalue weighted by Gasteiger charge is -2.19. The van der Waals surface area contributed by atoms with Gasteiger partial charge in [-0.1, -0.05) is 0 Å². The molecule has 0 amide bonds. The van der Waals surface area contributed by atoms with Gasteiger partial charge in [0, 0.05) is 49.2 Å². The SMILES string of the molecule is Cc1nc2n3c(c(-c4ccc(=O)n(C)c4)cc-2c(=NC(C)c2cc(N)cc(C(F)(F)F)c2)n1)NCC3. The molecule has 0 spiro atoms. The minimum atomic E-state index is -4.52. The van der Waals surface area contributed by atoms with Crippen LogP contribution in [0.15, 0.2) is 52.4 Å². The van der Waals surface area contributed by atoms with E-state index in [0.717, 1.165) is 29.1 Å². The molecule has 3 N–H and O–H groups in total. The van der Waals surface area contributed by atoms with Gasteiger partial charge >= 0.3 is 6.18 Å². The van der Waals surface area contributed by atoms with Crippen molar-refractivity contribution in [3.63, 3.8) is 0 Å². The minimum Gasteiger partial charge on any atom is -0.399 e. The van der Waals surface area contributed by atoms with Crippen molar-refractivity contribution in [3.8, 4) is 22.5 Å². The molecule has 1 atom stereocenters. The van der Waals surface area contributed by atoms with Crippen LogP contribution < -0.4 is 22.1 Å². The predicted molar refractivity (Wildman–Crippen MR) is 130 cm³/mol. The molecule has 36 heavy (non-hydrogen) atoms. The number of nitrogens with two attached hydrogens (primary N) is 1. The van der Waals surface area contributed by atoms with Crippen molar-refractivity contribution < 1.29 is 13.2 Å². The van der Waals surface area contributed by atoms with Crippen LogP contribution in [0.1, 0.15) is 29.9 Å². The Labute approximate surface area is 204 Å². The molecular formula is C25H24F3N7O. The molecule has 0 saturated carbocycles. The molecule has 1 unspecified atom stereocenters. The summed E-state index contributed by atoms with van der Waals surface area (Å²) in [6.07, 6.45) is -2.76. The van der Waals surface area contributed by atoms with E-state index in [1.807, 2.05) is 10.6 Å². The second kappa shape index (κ2) is 8.51. The number of fused-ring (bicyclic) bond motifs is 3. The normalized spacial score (nSPS) is 14.7. The largest absolute Gasteiger partial charge is 0.416 e. The Bertz CT molecular complexity index is 1590. The summed E-state index contributed by atoms with van der Waals surface area (Å²) in [7, 11) is 1.68. The van der Waals surface area contributed by atoms with Gasteiger partial charge in [0.15, 0.2) is 5.49 Å². The first kappa shape index (κ1) is 23.6. The van der Waals surface area contributed by atoms with E-state index < -0.39 is 17.8 Å². The highest BCUT2D eigenvalue weighted by Gasteiger charge is 2.31. The van der Waals surface area contributed by atoms with Crippen LogP contribution in [-0.4, -0.2) is 25.6 Å². The number of rotatable bonds is 3. The molecule has 0 fully saturated rings. The fourth-order valence-electron chi connectivity index (χ4n) is 4.46. The number of halogens is 3. The summed E-state index contributed by atoms with van der Waals surface area (Å²) in [5.74, 6) is 2.03. The summed E-state index contributed by atoms with van der Waals surface area (Å²) in [4.78, 5) is 25.8. The first-order chi connectivity index (χ1) is 17.0. The van der Waals surface area contributed by atoms with Crippen LogP contribution in [0.25, 0.3) is 22.5 Å². The number of hydrogen-bond donors (Lipinski definition) is 2. The van der Waals surface area contributed by atoms with E-state index in [2.05, 4.69) is 15.3 Å². The van der Waals surface area contributed by atoms with Crippen LogP contribution in [0.4, 0.5) is 24.7 Å². The van der Waals surface area contributed by atoms with Gasteiger partial charge < -0.3 is 20.2 Å². The molecule has 3 aliphatic rings. The van der Waals surface area contributed by atoms with Gasteiger partial charge in [0.1, 0.15) is 17.5 Å². The van der Waals surface area contributed by atoms with Crippen molar-refractivity contribution in [2.24, 2.45) is 12.0 Å². The molecule has 11 heteroatoms. The van der Waals surface area contributed by atoms with Gasteiger partial charge in [0.05, 0.1) is 17.2 Å². The fraction of sp³-hybridized carbons (Fsp3) is 0.280. The summed E-state index contributed by atoms with van der Waals surface area (Å²) < 4.78 is 43.6. The summed E-state index contributed by atoms with van der Waals surface area (Å²) >= 11 is 0.